The lowest BCUT2D eigenvalue weighted by molar-refractivity contribution is 0.135. The van der Waals surface area contributed by atoms with Crippen molar-refractivity contribution < 1.29 is 9.13 Å². The smallest absolute Gasteiger partial charge is 0.123 e. The molecule has 0 N–H and O–H groups in total. The van der Waals surface area contributed by atoms with E-state index < -0.39 is 0 Å². The van der Waals surface area contributed by atoms with Crippen molar-refractivity contribution in [3.05, 3.63) is 35.8 Å². The summed E-state index contributed by atoms with van der Waals surface area (Å²) in [6.45, 7) is 7.41. The van der Waals surface area contributed by atoms with Gasteiger partial charge in [-0.3, -0.25) is 0 Å². The number of nitrogens with zero attached hydrogens (tertiary/aromatic N) is 1. The van der Waals surface area contributed by atoms with Crippen LogP contribution in [0.25, 0.3) is 10.9 Å². The second-order valence-corrected chi connectivity index (χ2v) is 4.45. The molecule has 0 aliphatic heterocycles. The molecule has 3 heteroatoms. The van der Waals surface area contributed by atoms with Crippen molar-refractivity contribution in [2.75, 3.05) is 6.61 Å². The summed E-state index contributed by atoms with van der Waals surface area (Å²) in [4.78, 5) is 0. The molecule has 92 valence electrons. The normalized spacial score (nSPS) is 11.6. The molecule has 1 heterocycles. The van der Waals surface area contributed by atoms with Gasteiger partial charge >= 0.3 is 0 Å². The van der Waals surface area contributed by atoms with E-state index in [9.17, 15) is 4.39 Å². The molecule has 2 aromatic rings. The summed E-state index contributed by atoms with van der Waals surface area (Å²) in [6.07, 6.45) is 2.06. The van der Waals surface area contributed by atoms with Crippen LogP contribution in [0.5, 0.6) is 0 Å². The average Bonchev–Trinajstić information content (AvgIpc) is 2.64. The van der Waals surface area contributed by atoms with Crippen molar-refractivity contribution in [1.82, 2.24) is 4.57 Å². The molecule has 17 heavy (non-hydrogen) atoms. The van der Waals surface area contributed by atoms with Gasteiger partial charge in [0.15, 0.2) is 0 Å². The van der Waals surface area contributed by atoms with E-state index in [0.717, 1.165) is 16.5 Å². The van der Waals surface area contributed by atoms with E-state index in [-0.39, 0.29) is 5.82 Å². The maximum atomic E-state index is 13.3. The molecule has 0 aliphatic rings. The summed E-state index contributed by atoms with van der Waals surface area (Å²) >= 11 is 0. The molecule has 0 atom stereocenters. The Morgan fingerprint density at radius 2 is 2.12 bits per heavy atom. The third kappa shape index (κ3) is 2.34. The van der Waals surface area contributed by atoms with Crippen LogP contribution >= 0.6 is 0 Å². The lowest BCUT2D eigenvalue weighted by Crippen LogP contribution is -1.98. The predicted octanol–water partition coefficient (Wildman–Crippen LogP) is 3.90. The van der Waals surface area contributed by atoms with Crippen molar-refractivity contribution in [3.63, 3.8) is 0 Å². The molecule has 0 radical (unpaired) electrons. The molecule has 0 fully saturated rings. The van der Waals surface area contributed by atoms with Crippen LogP contribution in [0.4, 0.5) is 4.39 Å². The van der Waals surface area contributed by atoms with Gasteiger partial charge in [0.2, 0.25) is 0 Å². The Bertz CT molecular complexity index is 516. The van der Waals surface area contributed by atoms with Crippen LogP contribution < -0.4 is 0 Å². The number of halogens is 1. The number of aromatic nitrogens is 1. The summed E-state index contributed by atoms with van der Waals surface area (Å²) in [6, 6.07) is 5.28. The number of hydrogen-bond donors (Lipinski definition) is 0. The minimum atomic E-state index is -0.197. The van der Waals surface area contributed by atoms with Gasteiger partial charge in [-0.05, 0) is 39.0 Å². The van der Waals surface area contributed by atoms with Gasteiger partial charge in [0.25, 0.3) is 0 Å². The van der Waals surface area contributed by atoms with E-state index in [1.54, 1.807) is 6.07 Å². The highest BCUT2D eigenvalue weighted by Gasteiger charge is 2.11. The van der Waals surface area contributed by atoms with Gasteiger partial charge in [-0.25, -0.2) is 4.39 Å². The summed E-state index contributed by atoms with van der Waals surface area (Å²) < 4.78 is 20.9. The second-order valence-electron chi connectivity index (χ2n) is 4.45. The average molecular weight is 235 g/mol. The number of hydrogen-bond acceptors (Lipinski definition) is 1. The monoisotopic (exact) mass is 235 g/mol. The highest BCUT2D eigenvalue weighted by molar-refractivity contribution is 5.84. The molecule has 0 saturated heterocycles. The lowest BCUT2D eigenvalue weighted by atomic mass is 10.2. The van der Waals surface area contributed by atoms with Crippen LogP contribution in [0.1, 0.15) is 32.4 Å². The van der Waals surface area contributed by atoms with E-state index >= 15 is 0 Å². The van der Waals surface area contributed by atoms with E-state index in [1.807, 2.05) is 13.0 Å². The Labute approximate surface area is 101 Å². The van der Waals surface area contributed by atoms with Gasteiger partial charge in [-0.2, -0.15) is 0 Å². The second kappa shape index (κ2) is 4.88. The molecular formula is C14H18FNO. The fourth-order valence-corrected chi connectivity index (χ4v) is 2.05. The number of ether oxygens (including phenoxy) is 1. The lowest BCUT2D eigenvalue weighted by Gasteiger charge is -2.08. The van der Waals surface area contributed by atoms with E-state index in [1.165, 1.54) is 6.07 Å². The van der Waals surface area contributed by atoms with Crippen molar-refractivity contribution in [3.8, 4) is 0 Å². The molecule has 2 rings (SSSR count). The van der Waals surface area contributed by atoms with Gasteiger partial charge in [0.1, 0.15) is 5.82 Å². The van der Waals surface area contributed by atoms with Crippen molar-refractivity contribution >= 4 is 10.9 Å². The topological polar surface area (TPSA) is 14.2 Å². The van der Waals surface area contributed by atoms with Crippen LogP contribution in [0.2, 0.25) is 0 Å². The highest BCUT2D eigenvalue weighted by Crippen LogP contribution is 2.26. The zero-order valence-corrected chi connectivity index (χ0v) is 10.5. The van der Waals surface area contributed by atoms with Crippen LogP contribution in [-0.2, 0) is 11.3 Å². The van der Waals surface area contributed by atoms with Gasteiger partial charge < -0.3 is 9.30 Å². The third-order valence-corrected chi connectivity index (χ3v) is 2.90. The maximum Gasteiger partial charge on any atom is 0.123 e. The van der Waals surface area contributed by atoms with Crippen molar-refractivity contribution in [2.45, 2.75) is 33.4 Å². The summed E-state index contributed by atoms with van der Waals surface area (Å²) in [7, 11) is 0. The van der Waals surface area contributed by atoms with Gasteiger partial charge in [0, 0.05) is 35.3 Å². The zero-order valence-electron chi connectivity index (χ0n) is 10.5. The summed E-state index contributed by atoms with van der Waals surface area (Å²) in [5.74, 6) is -0.197. The maximum absolute atomic E-state index is 13.3. The largest absolute Gasteiger partial charge is 0.377 e. The molecule has 1 aromatic carbocycles. The Morgan fingerprint density at radius 1 is 1.35 bits per heavy atom. The van der Waals surface area contributed by atoms with Crippen molar-refractivity contribution in [1.29, 1.82) is 0 Å². The minimum Gasteiger partial charge on any atom is -0.377 e. The van der Waals surface area contributed by atoms with Gasteiger partial charge in [0.05, 0.1) is 6.61 Å². The Hall–Kier alpha value is -1.35. The quantitative estimate of drug-likeness (QED) is 0.784. The standard InChI is InChI=1S/C14H18FNO/c1-4-17-9-11-8-16(10(2)3)14-6-5-12(15)7-13(11)14/h5-8,10H,4,9H2,1-3H3. The first kappa shape index (κ1) is 12.1. The summed E-state index contributed by atoms with van der Waals surface area (Å²) in [5, 5.41) is 0.951. The fraction of sp³-hybridized carbons (Fsp3) is 0.429. The molecule has 0 saturated carbocycles. The van der Waals surface area contributed by atoms with Crippen LogP contribution in [0.15, 0.2) is 24.4 Å². The predicted molar refractivity (Wildman–Crippen MR) is 67.6 cm³/mol. The van der Waals surface area contributed by atoms with E-state index in [0.29, 0.717) is 19.3 Å². The number of rotatable bonds is 4. The first-order valence-corrected chi connectivity index (χ1v) is 6.00. The third-order valence-electron chi connectivity index (χ3n) is 2.90. The van der Waals surface area contributed by atoms with Gasteiger partial charge in [-0.1, -0.05) is 0 Å². The molecule has 0 aliphatic carbocycles. The molecule has 0 bridgehead atoms. The fourth-order valence-electron chi connectivity index (χ4n) is 2.05. The highest BCUT2D eigenvalue weighted by atomic mass is 19.1. The Balaban J connectivity index is 2.54. The Morgan fingerprint density at radius 3 is 2.76 bits per heavy atom. The first-order chi connectivity index (χ1) is 8.13. The number of benzene rings is 1. The van der Waals surface area contributed by atoms with Crippen LogP contribution in [-0.4, -0.2) is 11.2 Å². The number of fused-ring (bicyclic) bond motifs is 1. The molecule has 0 unspecified atom stereocenters. The SMILES string of the molecule is CCOCc1cn(C(C)C)c2ccc(F)cc12. The summed E-state index contributed by atoms with van der Waals surface area (Å²) in [5.41, 5.74) is 2.12. The molecule has 0 spiro atoms. The molecule has 0 amide bonds. The van der Waals surface area contributed by atoms with E-state index in [4.69, 9.17) is 4.74 Å². The minimum absolute atomic E-state index is 0.197. The Kier molecular flexibility index (Phi) is 3.48. The van der Waals surface area contributed by atoms with E-state index in [2.05, 4.69) is 24.6 Å². The first-order valence-electron chi connectivity index (χ1n) is 6.00. The van der Waals surface area contributed by atoms with Gasteiger partial charge in [-0.15, -0.1) is 0 Å². The molecule has 1 aromatic heterocycles. The van der Waals surface area contributed by atoms with Crippen molar-refractivity contribution in [2.24, 2.45) is 0 Å². The molecular weight excluding hydrogens is 217 g/mol. The van der Waals surface area contributed by atoms with Crippen LogP contribution in [0.3, 0.4) is 0 Å². The molecule has 2 nitrogen and oxygen atoms in total. The zero-order chi connectivity index (χ0) is 12.4. The van der Waals surface area contributed by atoms with Crippen LogP contribution in [0, 0.1) is 5.82 Å².